The molecular weight excluding hydrogens is 268 g/mol. The number of hydrogen-bond acceptors (Lipinski definition) is 4. The van der Waals surface area contributed by atoms with Crippen molar-refractivity contribution in [1.29, 1.82) is 0 Å². The van der Waals surface area contributed by atoms with Crippen LogP contribution in [-0.4, -0.2) is 37.4 Å². The van der Waals surface area contributed by atoms with Crippen molar-refractivity contribution in [3.8, 4) is 0 Å². The van der Waals surface area contributed by atoms with Crippen molar-refractivity contribution in [2.24, 2.45) is 5.92 Å². The number of carboxylic acid groups (broad SMARTS) is 1. The average Bonchev–Trinajstić information content (AvgIpc) is 3.19. The van der Waals surface area contributed by atoms with Crippen LogP contribution < -0.4 is 5.32 Å². The molecule has 1 aliphatic carbocycles. The molecule has 0 radical (unpaired) electrons. The molecule has 1 unspecified atom stereocenters. The van der Waals surface area contributed by atoms with Gasteiger partial charge in [-0.1, -0.05) is 13.8 Å². The van der Waals surface area contributed by atoms with Crippen molar-refractivity contribution < 1.29 is 9.90 Å². The fraction of sp³-hybridized carbons (Fsp3) is 0.800. The average molecular weight is 294 g/mol. The van der Waals surface area contributed by atoms with Crippen LogP contribution in [0, 0.1) is 5.92 Å². The standard InChI is InChI=1S/C15H26N4O2/c1-5-12-16-13(6-2)19(18-12)9-15(14(20)21,11-7-8-11)17-10(3)4/h10-11,17H,5-9H2,1-4H3,(H,20,21). The third-order valence-electron chi connectivity index (χ3n) is 4.03. The molecule has 0 bridgehead atoms. The summed E-state index contributed by atoms with van der Waals surface area (Å²) in [6, 6.07) is 0.112. The first-order chi connectivity index (χ1) is 9.92. The summed E-state index contributed by atoms with van der Waals surface area (Å²) < 4.78 is 1.79. The van der Waals surface area contributed by atoms with Gasteiger partial charge in [0.25, 0.3) is 0 Å². The Morgan fingerprint density at radius 3 is 2.52 bits per heavy atom. The molecule has 1 aliphatic rings. The Labute approximate surface area is 126 Å². The molecule has 1 aromatic rings. The topological polar surface area (TPSA) is 80.0 Å². The molecule has 1 atom stereocenters. The maximum absolute atomic E-state index is 12.0. The van der Waals surface area contributed by atoms with E-state index in [0.29, 0.717) is 6.54 Å². The predicted octanol–water partition coefficient (Wildman–Crippen LogP) is 1.63. The highest BCUT2D eigenvalue weighted by atomic mass is 16.4. The Morgan fingerprint density at radius 1 is 1.43 bits per heavy atom. The van der Waals surface area contributed by atoms with Gasteiger partial charge in [-0.15, -0.1) is 0 Å². The van der Waals surface area contributed by atoms with E-state index in [-0.39, 0.29) is 12.0 Å². The Kier molecular flexibility index (Phi) is 4.66. The largest absolute Gasteiger partial charge is 0.480 e. The van der Waals surface area contributed by atoms with Crippen molar-refractivity contribution in [2.75, 3.05) is 0 Å². The number of carbonyl (C=O) groups is 1. The summed E-state index contributed by atoms with van der Waals surface area (Å²) in [5.74, 6) is 1.04. The Balaban J connectivity index is 2.34. The van der Waals surface area contributed by atoms with Gasteiger partial charge in [-0.05, 0) is 32.6 Å². The van der Waals surface area contributed by atoms with E-state index in [0.717, 1.165) is 37.3 Å². The van der Waals surface area contributed by atoms with Gasteiger partial charge >= 0.3 is 5.97 Å². The van der Waals surface area contributed by atoms with Gasteiger partial charge in [0.15, 0.2) is 5.82 Å². The van der Waals surface area contributed by atoms with Crippen LogP contribution >= 0.6 is 0 Å². The minimum atomic E-state index is -0.934. The van der Waals surface area contributed by atoms with E-state index in [1.807, 2.05) is 27.7 Å². The van der Waals surface area contributed by atoms with Crippen LogP contribution in [-0.2, 0) is 24.2 Å². The fourth-order valence-electron chi connectivity index (χ4n) is 2.89. The lowest BCUT2D eigenvalue weighted by Gasteiger charge is -2.33. The van der Waals surface area contributed by atoms with Gasteiger partial charge in [0, 0.05) is 18.9 Å². The monoisotopic (exact) mass is 294 g/mol. The first-order valence-electron chi connectivity index (χ1n) is 7.86. The van der Waals surface area contributed by atoms with Crippen molar-refractivity contribution >= 4 is 5.97 Å². The molecule has 6 nitrogen and oxygen atoms in total. The number of aromatic nitrogens is 3. The molecule has 0 saturated heterocycles. The highest BCUT2D eigenvalue weighted by Crippen LogP contribution is 2.41. The Morgan fingerprint density at radius 2 is 2.10 bits per heavy atom. The van der Waals surface area contributed by atoms with E-state index in [1.54, 1.807) is 4.68 Å². The number of nitrogens with one attached hydrogen (secondary N) is 1. The van der Waals surface area contributed by atoms with Gasteiger partial charge in [0.2, 0.25) is 0 Å². The Hall–Kier alpha value is -1.43. The van der Waals surface area contributed by atoms with Crippen LogP contribution in [0.25, 0.3) is 0 Å². The van der Waals surface area contributed by atoms with E-state index in [1.165, 1.54) is 0 Å². The zero-order chi connectivity index (χ0) is 15.6. The lowest BCUT2D eigenvalue weighted by molar-refractivity contribution is -0.147. The third kappa shape index (κ3) is 3.26. The minimum Gasteiger partial charge on any atom is -0.480 e. The van der Waals surface area contributed by atoms with Crippen molar-refractivity contribution in [3.05, 3.63) is 11.6 Å². The summed E-state index contributed by atoms with van der Waals surface area (Å²) in [6.07, 6.45) is 3.45. The van der Waals surface area contributed by atoms with Gasteiger partial charge in [0.05, 0.1) is 6.54 Å². The van der Waals surface area contributed by atoms with E-state index >= 15 is 0 Å². The molecule has 118 valence electrons. The number of rotatable bonds is 8. The van der Waals surface area contributed by atoms with Gasteiger partial charge in [-0.3, -0.25) is 10.1 Å². The van der Waals surface area contributed by atoms with Crippen LogP contribution in [0.2, 0.25) is 0 Å². The number of hydrogen-bond donors (Lipinski definition) is 2. The molecule has 0 amide bonds. The number of aliphatic carboxylic acids is 1. The molecule has 1 fully saturated rings. The smallest absolute Gasteiger partial charge is 0.326 e. The molecule has 2 rings (SSSR count). The SMILES string of the molecule is CCc1nc(CC)n(CC(NC(C)C)(C(=O)O)C2CC2)n1. The van der Waals surface area contributed by atoms with Crippen molar-refractivity contribution in [3.63, 3.8) is 0 Å². The number of nitrogens with zero attached hydrogens (tertiary/aromatic N) is 3. The lowest BCUT2D eigenvalue weighted by atomic mass is 9.92. The summed E-state index contributed by atoms with van der Waals surface area (Å²) in [5.41, 5.74) is -0.934. The van der Waals surface area contributed by atoms with E-state index in [9.17, 15) is 9.90 Å². The highest BCUT2D eigenvalue weighted by molar-refractivity contribution is 5.79. The summed E-state index contributed by atoms with van der Waals surface area (Å²) >= 11 is 0. The van der Waals surface area contributed by atoms with E-state index in [4.69, 9.17) is 0 Å². The maximum atomic E-state index is 12.0. The molecule has 0 aliphatic heterocycles. The second-order valence-corrected chi connectivity index (χ2v) is 6.16. The molecular formula is C15H26N4O2. The molecule has 6 heteroatoms. The van der Waals surface area contributed by atoms with Crippen LogP contribution in [0.5, 0.6) is 0 Å². The summed E-state index contributed by atoms with van der Waals surface area (Å²) in [5, 5.41) is 17.6. The number of carboxylic acids is 1. The first-order valence-corrected chi connectivity index (χ1v) is 7.86. The maximum Gasteiger partial charge on any atom is 0.326 e. The minimum absolute atomic E-state index is 0.112. The van der Waals surface area contributed by atoms with E-state index in [2.05, 4.69) is 15.4 Å². The molecule has 1 aromatic heterocycles. The summed E-state index contributed by atoms with van der Waals surface area (Å²) in [6.45, 7) is 8.35. The normalized spacial score (nSPS) is 18.0. The molecule has 1 heterocycles. The van der Waals surface area contributed by atoms with Crippen molar-refractivity contribution in [2.45, 2.75) is 71.5 Å². The third-order valence-corrected chi connectivity index (χ3v) is 4.03. The first kappa shape index (κ1) is 15.9. The highest BCUT2D eigenvalue weighted by Gasteiger charge is 2.52. The summed E-state index contributed by atoms with van der Waals surface area (Å²) in [7, 11) is 0. The molecule has 0 spiro atoms. The van der Waals surface area contributed by atoms with Crippen LogP contribution in [0.1, 0.15) is 52.2 Å². The van der Waals surface area contributed by atoms with Gasteiger partial charge in [0.1, 0.15) is 11.4 Å². The van der Waals surface area contributed by atoms with Crippen LogP contribution in [0.3, 0.4) is 0 Å². The molecule has 0 aromatic carbocycles. The number of aryl methyl sites for hydroxylation is 2. The Bertz CT molecular complexity index is 508. The van der Waals surface area contributed by atoms with Gasteiger partial charge in [-0.2, -0.15) is 5.10 Å². The van der Waals surface area contributed by atoms with Crippen LogP contribution in [0.4, 0.5) is 0 Å². The second-order valence-electron chi connectivity index (χ2n) is 6.16. The molecule has 21 heavy (non-hydrogen) atoms. The molecule has 1 saturated carbocycles. The second kappa shape index (κ2) is 6.13. The van der Waals surface area contributed by atoms with Gasteiger partial charge in [-0.25, -0.2) is 9.67 Å². The van der Waals surface area contributed by atoms with Crippen molar-refractivity contribution in [1.82, 2.24) is 20.1 Å². The zero-order valence-electron chi connectivity index (χ0n) is 13.4. The van der Waals surface area contributed by atoms with Gasteiger partial charge < -0.3 is 5.11 Å². The fourth-order valence-corrected chi connectivity index (χ4v) is 2.89. The zero-order valence-corrected chi connectivity index (χ0v) is 13.4. The predicted molar refractivity (Wildman–Crippen MR) is 80.1 cm³/mol. The lowest BCUT2D eigenvalue weighted by Crippen LogP contribution is -2.59. The van der Waals surface area contributed by atoms with Crippen LogP contribution in [0.15, 0.2) is 0 Å². The summed E-state index contributed by atoms with van der Waals surface area (Å²) in [4.78, 5) is 16.5. The quantitative estimate of drug-likeness (QED) is 0.762. The molecule has 2 N–H and O–H groups in total. The van der Waals surface area contributed by atoms with E-state index < -0.39 is 11.5 Å².